The topological polar surface area (TPSA) is 103 Å². The summed E-state index contributed by atoms with van der Waals surface area (Å²) < 4.78 is 62.7. The Morgan fingerprint density at radius 3 is 2.06 bits per heavy atom. The van der Waals surface area contributed by atoms with Crippen LogP contribution in [0, 0.1) is 6.92 Å². The molecular weight excluding hydrogens is 469 g/mol. The zero-order chi connectivity index (χ0) is 23.5. The Kier molecular flexibility index (Phi) is 9.70. The van der Waals surface area contributed by atoms with Crippen LogP contribution in [0.2, 0.25) is 0 Å². The van der Waals surface area contributed by atoms with Gasteiger partial charge in [-0.25, -0.2) is 21.6 Å². The first kappa shape index (κ1) is 28.0. The number of hydrogen-bond acceptors (Lipinski definition) is 5. The van der Waals surface area contributed by atoms with Crippen molar-refractivity contribution < 1.29 is 50.9 Å². The molecule has 2 aliphatic rings. The predicted octanol–water partition coefficient (Wildman–Crippen LogP) is 1.43. The number of benzene rings is 1. The van der Waals surface area contributed by atoms with E-state index in [-0.39, 0.29) is 51.8 Å². The van der Waals surface area contributed by atoms with Gasteiger partial charge in [0.1, 0.15) is 10.1 Å². The molecule has 0 atom stereocenters. The van der Waals surface area contributed by atoms with Crippen LogP contribution in [0.15, 0.2) is 64.4 Å². The molecule has 0 heterocycles. The normalized spacial score (nSPS) is 12.2. The molecule has 6 nitrogen and oxygen atoms in total. The van der Waals surface area contributed by atoms with Gasteiger partial charge >= 0.3 is 29.6 Å². The monoisotopic (exact) mass is 497 g/mol. The van der Waals surface area contributed by atoms with Crippen molar-refractivity contribution in [2.24, 2.45) is 0 Å². The maximum Gasteiger partial charge on any atom is 1.00 e. The molecule has 0 amide bonds. The molecule has 9 heteroatoms. The number of unbranched alkanes of at least 4 members (excludes halogenated alkanes) is 1. The minimum atomic E-state index is -4.60. The summed E-state index contributed by atoms with van der Waals surface area (Å²) in [6.45, 7) is 6.25. The fourth-order valence-corrected chi connectivity index (χ4v) is 5.46. The van der Waals surface area contributed by atoms with Crippen molar-refractivity contribution >= 4 is 20.1 Å². The van der Waals surface area contributed by atoms with Crippen molar-refractivity contribution in [3.05, 3.63) is 71.3 Å². The number of fused-ring (bicyclic) bond motifs is 1. The number of hydrogen-bond donors (Lipinski definition) is 1. The smallest absolute Gasteiger partial charge is 0.744 e. The van der Waals surface area contributed by atoms with Crippen LogP contribution >= 0.6 is 0 Å². The van der Waals surface area contributed by atoms with Crippen molar-refractivity contribution in [1.82, 2.24) is 4.72 Å². The van der Waals surface area contributed by atoms with E-state index in [1.54, 1.807) is 30.3 Å². The standard InChI is InChI=1S/C24H29NO5S2.Na/c1-17(2)19-9-13-22-20(16-24(32(28,29)30)23(22)14-10-19)6-4-5-15-25-31(26,27)21-11-7-18(3)8-12-21;/h7-14,16-17,25H,4-6,15H2,1-3H3,(H,28,29,30);/q;+1/p-1. The summed E-state index contributed by atoms with van der Waals surface area (Å²) >= 11 is 0. The molecular formula is C24H28NNaO5S2. The summed E-state index contributed by atoms with van der Waals surface area (Å²) in [6.07, 6.45) is 1.76. The van der Waals surface area contributed by atoms with Gasteiger partial charge in [-0.1, -0.05) is 55.8 Å². The minimum absolute atomic E-state index is 0. The van der Waals surface area contributed by atoms with E-state index < -0.39 is 20.1 Å². The first-order valence-electron chi connectivity index (χ1n) is 10.6. The van der Waals surface area contributed by atoms with Gasteiger partial charge in [0.25, 0.3) is 0 Å². The van der Waals surface area contributed by atoms with E-state index in [0.29, 0.717) is 24.8 Å². The summed E-state index contributed by atoms with van der Waals surface area (Å²) in [4.78, 5) is 0.0253. The summed E-state index contributed by atoms with van der Waals surface area (Å²) in [7, 11) is -8.17. The summed E-state index contributed by atoms with van der Waals surface area (Å²) in [6, 6.07) is 15.5. The second-order valence-corrected chi connectivity index (χ2v) is 11.4. The van der Waals surface area contributed by atoms with Gasteiger partial charge < -0.3 is 4.55 Å². The second kappa shape index (κ2) is 11.4. The maximum absolute atomic E-state index is 12.4. The van der Waals surface area contributed by atoms with Crippen LogP contribution in [-0.2, 0) is 26.6 Å². The number of sulfonamides is 1. The van der Waals surface area contributed by atoms with E-state index in [9.17, 15) is 21.4 Å². The van der Waals surface area contributed by atoms with Gasteiger partial charge in [-0.3, -0.25) is 0 Å². The third kappa shape index (κ3) is 7.11. The average molecular weight is 498 g/mol. The molecule has 0 fully saturated rings. The molecule has 2 aliphatic carbocycles. The molecule has 0 saturated carbocycles. The summed E-state index contributed by atoms with van der Waals surface area (Å²) in [5, 5.41) is 0. The van der Waals surface area contributed by atoms with E-state index in [0.717, 1.165) is 22.3 Å². The molecule has 0 aromatic heterocycles. The van der Waals surface area contributed by atoms with Gasteiger partial charge in [-0.15, -0.1) is 0 Å². The molecule has 0 unspecified atom stereocenters. The Labute approximate surface area is 219 Å². The number of rotatable bonds is 9. The van der Waals surface area contributed by atoms with Gasteiger partial charge in [0.05, 0.1) is 9.79 Å². The van der Waals surface area contributed by atoms with Gasteiger partial charge in [-0.2, -0.15) is 0 Å². The van der Waals surface area contributed by atoms with Gasteiger partial charge in [0, 0.05) is 6.54 Å². The van der Waals surface area contributed by atoms with Crippen LogP contribution in [0.3, 0.4) is 0 Å². The quantitative estimate of drug-likeness (QED) is 0.274. The van der Waals surface area contributed by atoms with Crippen LogP contribution in [0.1, 0.15) is 49.3 Å². The third-order valence-electron chi connectivity index (χ3n) is 5.52. The van der Waals surface area contributed by atoms with E-state index in [1.165, 1.54) is 6.07 Å². The van der Waals surface area contributed by atoms with Crippen LogP contribution < -0.4 is 34.3 Å². The van der Waals surface area contributed by atoms with Crippen LogP contribution in [-0.4, -0.2) is 27.9 Å². The zero-order valence-electron chi connectivity index (χ0n) is 19.5. The Hall–Kier alpha value is -1.26. The molecule has 0 saturated heterocycles. The SMILES string of the molecule is Cc1ccc(S(=O)(=O)NCCCCc2cc(S(=O)(=O)[O-])c3ccc(C(C)C)ccc2-3)cc1.[Na+]. The first-order valence-corrected chi connectivity index (χ1v) is 13.5. The van der Waals surface area contributed by atoms with E-state index in [4.69, 9.17) is 0 Å². The molecule has 0 radical (unpaired) electrons. The predicted molar refractivity (Wildman–Crippen MR) is 124 cm³/mol. The van der Waals surface area contributed by atoms with E-state index in [2.05, 4.69) is 4.72 Å². The Bertz CT molecular complexity index is 1270. The molecule has 172 valence electrons. The molecule has 1 aromatic rings. The molecule has 1 N–H and O–H groups in total. The Morgan fingerprint density at radius 1 is 0.879 bits per heavy atom. The molecule has 0 spiro atoms. The largest absolute Gasteiger partial charge is 1.00 e. The Balaban J connectivity index is 0.00000385. The van der Waals surface area contributed by atoms with Crippen molar-refractivity contribution in [3.63, 3.8) is 0 Å². The fraction of sp³-hybridized carbons (Fsp3) is 0.333. The molecule has 3 rings (SSSR count). The van der Waals surface area contributed by atoms with E-state index >= 15 is 0 Å². The number of nitrogens with one attached hydrogen (secondary N) is 1. The summed E-state index contributed by atoms with van der Waals surface area (Å²) in [5.74, 6) is 0.267. The molecule has 0 aliphatic heterocycles. The average Bonchev–Trinajstić information content (AvgIpc) is 2.91. The van der Waals surface area contributed by atoms with Crippen LogP contribution in [0.25, 0.3) is 11.1 Å². The third-order valence-corrected chi connectivity index (χ3v) is 7.88. The van der Waals surface area contributed by atoms with Gasteiger partial charge in [0.15, 0.2) is 0 Å². The van der Waals surface area contributed by atoms with Crippen LogP contribution in [0.4, 0.5) is 0 Å². The number of aryl methyl sites for hydroxylation is 2. The van der Waals surface area contributed by atoms with Crippen molar-refractivity contribution in [2.75, 3.05) is 6.54 Å². The van der Waals surface area contributed by atoms with Crippen molar-refractivity contribution in [1.29, 1.82) is 0 Å². The molecule has 1 aromatic carbocycles. The van der Waals surface area contributed by atoms with E-state index in [1.807, 2.05) is 39.0 Å². The molecule has 33 heavy (non-hydrogen) atoms. The van der Waals surface area contributed by atoms with Gasteiger partial charge in [-0.05, 0) is 72.6 Å². The Morgan fingerprint density at radius 2 is 1.48 bits per heavy atom. The first-order chi connectivity index (χ1) is 15.0. The van der Waals surface area contributed by atoms with Crippen LogP contribution in [0.5, 0.6) is 0 Å². The minimum Gasteiger partial charge on any atom is -0.744 e. The molecule has 0 bridgehead atoms. The van der Waals surface area contributed by atoms with Crippen molar-refractivity contribution in [2.45, 2.75) is 55.7 Å². The zero-order valence-corrected chi connectivity index (χ0v) is 23.1. The second-order valence-electron chi connectivity index (χ2n) is 8.30. The fourth-order valence-electron chi connectivity index (χ4n) is 3.65. The van der Waals surface area contributed by atoms with Crippen molar-refractivity contribution in [3.8, 4) is 11.1 Å². The summed E-state index contributed by atoms with van der Waals surface area (Å²) in [5.41, 5.74) is 3.99. The maximum atomic E-state index is 12.4. The van der Waals surface area contributed by atoms with Gasteiger partial charge in [0.2, 0.25) is 10.0 Å².